The molecular weight excluding hydrogens is 531 g/mol. The van der Waals surface area contributed by atoms with Crippen molar-refractivity contribution in [3.8, 4) is 17.6 Å². The van der Waals surface area contributed by atoms with E-state index in [1.54, 1.807) is 12.1 Å². The lowest BCUT2D eigenvalue weighted by atomic mass is 9.91. The highest BCUT2D eigenvalue weighted by Gasteiger charge is 2.48. The summed E-state index contributed by atoms with van der Waals surface area (Å²) in [5.41, 5.74) is -3.56. The quantitative estimate of drug-likeness (QED) is 0.371. The number of nitrogens with zero attached hydrogens (tertiary/aromatic N) is 1. The average molecular weight is 558 g/mol. The minimum Gasteiger partial charge on any atom is -0.487 e. The van der Waals surface area contributed by atoms with Crippen molar-refractivity contribution >= 4 is 10.1 Å². The molecule has 38 heavy (non-hydrogen) atoms. The molecule has 2 N–H and O–H groups in total. The molecule has 4 unspecified atom stereocenters. The highest BCUT2D eigenvalue weighted by Crippen LogP contribution is 2.39. The van der Waals surface area contributed by atoms with Crippen molar-refractivity contribution in [3.63, 3.8) is 0 Å². The van der Waals surface area contributed by atoms with Crippen LogP contribution in [0.5, 0.6) is 11.5 Å². The fourth-order valence-corrected chi connectivity index (χ4v) is 4.86. The van der Waals surface area contributed by atoms with Crippen LogP contribution in [0, 0.1) is 11.3 Å². The van der Waals surface area contributed by atoms with Gasteiger partial charge in [-0.25, -0.2) is 0 Å². The van der Waals surface area contributed by atoms with Crippen molar-refractivity contribution in [2.75, 3.05) is 19.8 Å². The molecule has 206 valence electrons. The number of rotatable bonds is 8. The predicted molar refractivity (Wildman–Crippen MR) is 126 cm³/mol. The third kappa shape index (κ3) is 6.57. The van der Waals surface area contributed by atoms with Crippen LogP contribution in [0.3, 0.4) is 0 Å². The molecule has 0 aromatic heterocycles. The van der Waals surface area contributed by atoms with Crippen LogP contribution in [0.25, 0.3) is 0 Å². The summed E-state index contributed by atoms with van der Waals surface area (Å²) in [6.07, 6.45) is -0.778. The Hall–Kier alpha value is -2.89. The number of ether oxygens (including phenoxy) is 3. The van der Waals surface area contributed by atoms with E-state index in [1.807, 2.05) is 0 Å². The Balaban J connectivity index is 1.63. The Morgan fingerprint density at radius 1 is 1.16 bits per heavy atom. The van der Waals surface area contributed by atoms with Crippen molar-refractivity contribution in [2.45, 2.75) is 55.6 Å². The standard InChI is InChI=1S/C25H26F3NO8S/c26-25(27,28)38(32,33)37-19-3-1-15(2-4-19)7-16-8-22(24-11-18(31)10-21(13-30)36-24)23(9-17(16)12-29)35-20-5-6-34-14-20/h1-4,8-9,18,20-21,24,30-31H,5-7,10-11,13-14H2. The van der Waals surface area contributed by atoms with Gasteiger partial charge in [0.05, 0.1) is 49.8 Å². The van der Waals surface area contributed by atoms with E-state index in [-0.39, 0.29) is 37.5 Å². The third-order valence-corrected chi connectivity index (χ3v) is 7.25. The predicted octanol–water partition coefficient (Wildman–Crippen LogP) is 3.12. The first kappa shape index (κ1) is 28.1. The van der Waals surface area contributed by atoms with Crippen LogP contribution < -0.4 is 8.92 Å². The zero-order valence-electron chi connectivity index (χ0n) is 20.1. The maximum Gasteiger partial charge on any atom is 0.534 e. The zero-order chi connectivity index (χ0) is 27.5. The SMILES string of the molecule is N#Cc1cc(OC2CCOC2)c(C2CC(O)CC(CO)O2)cc1Cc1ccc(OS(=O)(=O)C(F)(F)F)cc1. The highest BCUT2D eigenvalue weighted by molar-refractivity contribution is 7.88. The molecule has 0 aliphatic carbocycles. The fraction of sp³-hybridized carbons (Fsp3) is 0.480. The van der Waals surface area contributed by atoms with Crippen molar-refractivity contribution in [1.29, 1.82) is 5.26 Å². The number of aliphatic hydroxyl groups is 2. The molecule has 0 radical (unpaired) electrons. The molecule has 0 saturated carbocycles. The van der Waals surface area contributed by atoms with Gasteiger partial charge in [-0.2, -0.15) is 26.9 Å². The molecule has 2 aromatic carbocycles. The number of nitriles is 1. The van der Waals surface area contributed by atoms with Gasteiger partial charge in [0, 0.05) is 24.8 Å². The van der Waals surface area contributed by atoms with E-state index in [1.165, 1.54) is 12.1 Å². The fourth-order valence-electron chi connectivity index (χ4n) is 4.40. The van der Waals surface area contributed by atoms with Crippen LogP contribution in [0.15, 0.2) is 36.4 Å². The number of aliphatic hydroxyl groups excluding tert-OH is 2. The first-order valence-electron chi connectivity index (χ1n) is 11.8. The molecular formula is C25H26F3NO8S. The van der Waals surface area contributed by atoms with Crippen LogP contribution in [0.2, 0.25) is 0 Å². The smallest absolute Gasteiger partial charge is 0.487 e. The van der Waals surface area contributed by atoms with Crippen molar-refractivity contribution in [3.05, 3.63) is 58.7 Å². The average Bonchev–Trinajstić information content (AvgIpc) is 3.37. The van der Waals surface area contributed by atoms with E-state index < -0.39 is 39.7 Å². The minimum absolute atomic E-state index is 0.174. The molecule has 2 heterocycles. The summed E-state index contributed by atoms with van der Waals surface area (Å²) in [6, 6.07) is 10.4. The van der Waals surface area contributed by atoms with E-state index in [2.05, 4.69) is 10.3 Å². The summed E-state index contributed by atoms with van der Waals surface area (Å²) in [7, 11) is -5.80. The number of hydrogen-bond donors (Lipinski definition) is 2. The molecule has 2 aromatic rings. The Labute approximate surface area is 217 Å². The Morgan fingerprint density at radius 3 is 2.50 bits per heavy atom. The molecule has 2 saturated heterocycles. The first-order chi connectivity index (χ1) is 18.0. The van der Waals surface area contributed by atoms with E-state index in [9.17, 15) is 37.1 Å². The molecule has 4 atom stereocenters. The van der Waals surface area contributed by atoms with Gasteiger partial charge in [0.25, 0.3) is 0 Å². The zero-order valence-corrected chi connectivity index (χ0v) is 20.9. The number of benzene rings is 2. The van der Waals surface area contributed by atoms with Crippen LogP contribution in [0.4, 0.5) is 13.2 Å². The summed E-state index contributed by atoms with van der Waals surface area (Å²) >= 11 is 0. The highest BCUT2D eigenvalue weighted by atomic mass is 32.2. The van der Waals surface area contributed by atoms with Gasteiger partial charge < -0.3 is 28.6 Å². The van der Waals surface area contributed by atoms with Gasteiger partial charge in [0.1, 0.15) is 17.6 Å². The van der Waals surface area contributed by atoms with E-state index in [0.29, 0.717) is 42.1 Å². The Morgan fingerprint density at radius 2 is 1.89 bits per heavy atom. The molecule has 0 amide bonds. The number of hydrogen-bond acceptors (Lipinski definition) is 9. The summed E-state index contributed by atoms with van der Waals surface area (Å²) < 4.78 is 81.9. The maximum atomic E-state index is 12.6. The third-order valence-electron chi connectivity index (χ3n) is 6.27. The van der Waals surface area contributed by atoms with Crippen molar-refractivity contribution in [1.82, 2.24) is 0 Å². The Bertz CT molecular complexity index is 1270. The van der Waals surface area contributed by atoms with E-state index in [4.69, 9.17) is 14.2 Å². The van der Waals surface area contributed by atoms with Crippen LogP contribution in [0.1, 0.15) is 47.6 Å². The van der Waals surface area contributed by atoms with Gasteiger partial charge in [0.2, 0.25) is 0 Å². The summed E-state index contributed by atoms with van der Waals surface area (Å²) in [5.74, 6) is -0.105. The monoisotopic (exact) mass is 557 g/mol. The lowest BCUT2D eigenvalue weighted by Gasteiger charge is -2.34. The maximum absolute atomic E-state index is 12.6. The molecule has 2 aliphatic heterocycles. The summed E-state index contributed by atoms with van der Waals surface area (Å²) in [6.45, 7) is 0.648. The van der Waals surface area contributed by atoms with Gasteiger partial charge in [-0.05, 0) is 41.8 Å². The molecule has 4 rings (SSSR count). The van der Waals surface area contributed by atoms with Crippen molar-refractivity contribution in [2.24, 2.45) is 0 Å². The van der Waals surface area contributed by atoms with E-state index >= 15 is 0 Å². The van der Waals surface area contributed by atoms with Gasteiger partial charge in [-0.15, -0.1) is 0 Å². The van der Waals surface area contributed by atoms with Crippen LogP contribution in [-0.4, -0.2) is 62.3 Å². The largest absolute Gasteiger partial charge is 0.534 e. The van der Waals surface area contributed by atoms with Gasteiger partial charge >= 0.3 is 15.6 Å². The summed E-state index contributed by atoms with van der Waals surface area (Å²) in [5, 5.41) is 29.8. The van der Waals surface area contributed by atoms with Gasteiger partial charge in [0.15, 0.2) is 0 Å². The van der Waals surface area contributed by atoms with Gasteiger partial charge in [-0.1, -0.05) is 12.1 Å². The van der Waals surface area contributed by atoms with Crippen molar-refractivity contribution < 1.29 is 50.2 Å². The first-order valence-corrected chi connectivity index (χ1v) is 13.2. The van der Waals surface area contributed by atoms with Crippen LogP contribution in [-0.2, 0) is 26.0 Å². The minimum atomic E-state index is -5.80. The second kappa shape index (κ2) is 11.5. The number of alkyl halides is 3. The lowest BCUT2D eigenvalue weighted by molar-refractivity contribution is -0.114. The molecule has 13 heteroatoms. The second-order valence-corrected chi connectivity index (χ2v) is 10.7. The molecule has 0 spiro atoms. The van der Waals surface area contributed by atoms with E-state index in [0.717, 1.165) is 12.1 Å². The van der Waals surface area contributed by atoms with Gasteiger partial charge in [-0.3, -0.25) is 0 Å². The number of halogens is 3. The lowest BCUT2D eigenvalue weighted by Crippen LogP contribution is -2.34. The summed E-state index contributed by atoms with van der Waals surface area (Å²) in [4.78, 5) is 0. The molecule has 2 fully saturated rings. The molecule has 0 bridgehead atoms. The normalized spacial score (nSPS) is 24.1. The molecule has 2 aliphatic rings. The second-order valence-electron chi connectivity index (χ2n) is 9.12. The topological polar surface area (TPSA) is 135 Å². The Kier molecular flexibility index (Phi) is 8.49. The molecule has 9 nitrogen and oxygen atoms in total. The van der Waals surface area contributed by atoms with Crippen LogP contribution >= 0.6 is 0 Å².